The summed E-state index contributed by atoms with van der Waals surface area (Å²) >= 11 is 0. The molecule has 4 aromatic heterocycles. The van der Waals surface area contributed by atoms with Crippen molar-refractivity contribution in [2.24, 2.45) is 57.2 Å². The van der Waals surface area contributed by atoms with Crippen molar-refractivity contribution in [2.45, 2.75) is 362 Å². The number of Topliss-reactive ketones (excluding diaryl/α,β-unsaturated/α-hetero) is 1. The Bertz CT molecular complexity index is 4980. The second kappa shape index (κ2) is 40.6. The van der Waals surface area contributed by atoms with E-state index in [1.54, 1.807) is 6.08 Å². The Balaban J connectivity index is 0.000000140. The van der Waals surface area contributed by atoms with Gasteiger partial charge in [0.2, 0.25) is 11.8 Å². The highest BCUT2D eigenvalue weighted by atomic mass is 16.6. The summed E-state index contributed by atoms with van der Waals surface area (Å²) in [5, 5.41) is 35.8. The number of hydrogen-bond acceptors (Lipinski definition) is 17. The lowest BCUT2D eigenvalue weighted by molar-refractivity contribution is -0.138. The summed E-state index contributed by atoms with van der Waals surface area (Å²) < 4.78 is 34.1. The predicted octanol–water partition coefficient (Wildman–Crippen LogP) is 24.2. The van der Waals surface area contributed by atoms with Gasteiger partial charge in [-0.2, -0.15) is 0 Å². The quantitative estimate of drug-likeness (QED) is 0.0349. The molecule has 692 valence electrons. The van der Waals surface area contributed by atoms with E-state index in [1.165, 1.54) is 115 Å². The summed E-state index contributed by atoms with van der Waals surface area (Å²) in [6.07, 6.45) is 29.0. The number of carbonyl (C=O) groups is 7. The predicted molar refractivity (Wildman–Crippen MR) is 491 cm³/mol. The summed E-state index contributed by atoms with van der Waals surface area (Å²) in [7, 11) is 0. The molecule has 0 bridgehead atoms. The number of amides is 4. The smallest absolute Gasteiger partial charge is 0.416 e. The maximum absolute atomic E-state index is 13.8. The van der Waals surface area contributed by atoms with Crippen LogP contribution in [0.25, 0.3) is 0 Å². The van der Waals surface area contributed by atoms with E-state index in [0.29, 0.717) is 127 Å². The molecule has 4 atom stereocenters. The van der Waals surface area contributed by atoms with E-state index >= 15 is 0 Å². The number of carboxylic acids is 2. The third-order valence-electron chi connectivity index (χ3n) is 28.2. The van der Waals surface area contributed by atoms with Crippen LogP contribution in [0.3, 0.4) is 0 Å². The number of ketones is 1. The molecule has 10 fully saturated rings. The van der Waals surface area contributed by atoms with Gasteiger partial charge in [0.05, 0.1) is 41.3 Å². The Labute approximate surface area is 758 Å². The number of nitrogens with zero attached hydrogens (tertiary/aromatic N) is 6. The Hall–Kier alpha value is -9.27. The molecule has 21 nitrogen and oxygen atoms in total. The van der Waals surface area contributed by atoms with E-state index in [-0.39, 0.29) is 68.1 Å². The Morgan fingerprint density at radius 1 is 0.453 bits per heavy atom. The number of benzene rings is 3. The number of carboxylic acid groups (broad SMARTS) is 2. The van der Waals surface area contributed by atoms with E-state index in [0.717, 1.165) is 143 Å². The summed E-state index contributed by atoms with van der Waals surface area (Å²) in [5.74, 6) is 8.47. The topological polar surface area (TPSA) is 289 Å². The molecule has 8 aliphatic carbocycles. The molecule has 10 aliphatic rings. The molecule has 2 saturated heterocycles. The van der Waals surface area contributed by atoms with Crippen LogP contribution < -0.4 is 0 Å². The van der Waals surface area contributed by atoms with Crippen LogP contribution in [0.4, 0.5) is 9.59 Å². The summed E-state index contributed by atoms with van der Waals surface area (Å²) in [6.45, 7) is 36.1. The van der Waals surface area contributed by atoms with Gasteiger partial charge in [-0.1, -0.05) is 194 Å². The third kappa shape index (κ3) is 25.5. The van der Waals surface area contributed by atoms with Crippen molar-refractivity contribution >= 4 is 41.7 Å². The fraction of sp³-hybridized carbons (Fsp3) is 0.636. The van der Waals surface area contributed by atoms with Crippen LogP contribution in [0, 0.1) is 71.0 Å². The molecule has 6 heterocycles. The molecule has 4 amide bonds. The molecule has 2 N–H and O–H groups in total. The summed E-state index contributed by atoms with van der Waals surface area (Å²) in [5.41, 5.74) is 15.5. The number of aromatic nitrogens is 4. The van der Waals surface area contributed by atoms with Crippen molar-refractivity contribution in [3.63, 3.8) is 0 Å². The molecule has 17 rings (SSSR count). The Morgan fingerprint density at radius 2 is 0.805 bits per heavy atom. The minimum atomic E-state index is -0.864. The molecule has 128 heavy (non-hydrogen) atoms. The number of allylic oxidation sites excluding steroid dienone is 1. The zero-order valence-electron chi connectivity index (χ0n) is 79.0. The van der Waals surface area contributed by atoms with Gasteiger partial charge in [-0.05, 0) is 259 Å². The minimum Gasteiger partial charge on any atom is -0.481 e. The number of cyclic esters (lactones) is 2. The Morgan fingerprint density at radius 3 is 1.16 bits per heavy atom. The van der Waals surface area contributed by atoms with Crippen LogP contribution in [-0.4, -0.2) is 108 Å². The van der Waals surface area contributed by atoms with Crippen LogP contribution in [0.5, 0.6) is 0 Å². The highest BCUT2D eigenvalue weighted by Gasteiger charge is 2.49. The zero-order chi connectivity index (χ0) is 91.3. The molecule has 21 heteroatoms. The number of carbonyl (C=O) groups excluding carboxylic acids is 5. The van der Waals surface area contributed by atoms with E-state index in [1.807, 2.05) is 86.6 Å². The van der Waals surface area contributed by atoms with Crippen LogP contribution in [0.1, 0.15) is 387 Å². The van der Waals surface area contributed by atoms with Crippen LogP contribution >= 0.6 is 0 Å². The van der Waals surface area contributed by atoms with E-state index in [2.05, 4.69) is 116 Å². The number of aliphatic carboxylic acids is 2. The molecule has 0 unspecified atom stereocenters. The highest BCUT2D eigenvalue weighted by molar-refractivity contribution is 5.95. The monoisotopic (exact) mass is 1750 g/mol. The van der Waals surface area contributed by atoms with E-state index < -0.39 is 30.0 Å². The van der Waals surface area contributed by atoms with Gasteiger partial charge in [0.15, 0.2) is 0 Å². The van der Waals surface area contributed by atoms with Crippen molar-refractivity contribution in [1.82, 2.24) is 30.4 Å². The van der Waals surface area contributed by atoms with E-state index in [4.69, 9.17) is 32.7 Å². The molecule has 0 radical (unpaired) electrons. The molecule has 8 saturated carbocycles. The first-order valence-corrected chi connectivity index (χ1v) is 48.5. The second-order valence-electron chi connectivity index (χ2n) is 45.0. The third-order valence-corrected chi connectivity index (χ3v) is 28.2. The van der Waals surface area contributed by atoms with Gasteiger partial charge in [0, 0.05) is 103 Å². The largest absolute Gasteiger partial charge is 0.481 e. The van der Waals surface area contributed by atoms with Crippen molar-refractivity contribution in [2.75, 3.05) is 13.2 Å². The van der Waals surface area contributed by atoms with E-state index in [9.17, 15) is 38.7 Å². The van der Waals surface area contributed by atoms with Crippen molar-refractivity contribution in [1.29, 1.82) is 0 Å². The average molecular weight is 1750 g/mol. The van der Waals surface area contributed by atoms with Crippen molar-refractivity contribution < 1.29 is 71.3 Å². The lowest BCUT2D eigenvalue weighted by Gasteiger charge is -2.38. The van der Waals surface area contributed by atoms with Crippen molar-refractivity contribution in [3.05, 3.63) is 187 Å². The SMILES string of the molecule is C=CC[C@@H](Cc1noc(C2CC(CC(C)(C)C)C2)c1C1CC1)C(=O)N1C(=O)OC[C@@H]1Cc1ccccc1.CC(C)(C)CC1CC(c2onc(CCC(=O)N3C(=O)OC[C@@H]3Cc3ccccc3)c2C2CC2)C1.CC(C)(C)CC1CC(c2onc(CCC(=O)O)c2C2CC2)C1.Cc1ccc(CC(=O)[C@@H](CCC(=O)O)Cc2noc(C3CC(CC(C)(C)C)C3)c2C2CC2)c(C)c1. The van der Waals surface area contributed by atoms with Crippen LogP contribution in [0.2, 0.25) is 0 Å². The van der Waals surface area contributed by atoms with Gasteiger partial charge < -0.3 is 37.8 Å². The van der Waals surface area contributed by atoms with Crippen LogP contribution in [0.15, 0.2) is 110 Å². The van der Waals surface area contributed by atoms with Gasteiger partial charge in [0.25, 0.3) is 0 Å². The number of ether oxygens (including phenoxy) is 2. The van der Waals surface area contributed by atoms with Gasteiger partial charge in [0.1, 0.15) is 42.0 Å². The van der Waals surface area contributed by atoms with Crippen molar-refractivity contribution in [3.8, 4) is 0 Å². The lowest BCUT2D eigenvalue weighted by Crippen LogP contribution is -2.44. The standard InChI is InChI=1S/C31H40N2O4.C30H41NO4.C28H36N2O4.C18H27NO3/c1-5-9-23(29(34)33-25(19-36-30(33)35)16-20-10-7-6-8-11-20)17-26-27(22-12-13-22)28(37-32-26)24-14-21(15-24)18-31(2,3)4;1-18-6-7-22(19(2)12-18)16-26(32)23(10-11-27(33)34)15-25-28(21-8-9-21)29(35-31-25)24-13-20(14-24)17-30(3,4)5;1-28(2,3)16-19-13-21(14-19)26-25(20-9-10-20)23(29-34-26)11-12-24(31)30-22(17-33-27(30)32)15-18-7-5-4-6-8-18;1-18(2,3)10-11-8-13(9-11)17-16(12-4-5-12)14(19-22-17)6-7-15(20)21/h5-8,10-11,21-25H,1,9,12-19H2,2-4H3;6-7,12,20-21,23-24H,8-11,13-17H2,1-5H3,(H,33,34);4-8,19-22H,9-17H2,1-3H3;11-13H,4-10H2,1-3H3,(H,20,21)/t21?,23-,24?,25-;20?,23-,24?;19?,21?,22-;/m000./s1. The Kier molecular flexibility index (Phi) is 30.1. The lowest BCUT2D eigenvalue weighted by atomic mass is 9.67. The fourth-order valence-corrected chi connectivity index (χ4v) is 21.7. The second-order valence-corrected chi connectivity index (χ2v) is 45.0. The van der Waals surface area contributed by atoms with Crippen LogP contribution in [-0.2, 0) is 78.4 Å². The molecule has 3 aromatic carbocycles. The molecular weight excluding hydrogens is 1610 g/mol. The van der Waals surface area contributed by atoms with Gasteiger partial charge >= 0.3 is 24.1 Å². The molecule has 7 aromatic rings. The zero-order valence-corrected chi connectivity index (χ0v) is 79.0. The maximum Gasteiger partial charge on any atom is 0.416 e. The molecular formula is C107H144N6O15. The molecule has 2 aliphatic heterocycles. The number of aryl methyl sites for hydroxylation is 4. The van der Waals surface area contributed by atoms with Gasteiger partial charge in [-0.15, -0.1) is 6.58 Å². The summed E-state index contributed by atoms with van der Waals surface area (Å²) in [6, 6.07) is 25.4. The number of rotatable bonds is 35. The fourth-order valence-electron chi connectivity index (χ4n) is 21.7. The number of hydrogen-bond donors (Lipinski definition) is 2. The maximum atomic E-state index is 13.8. The minimum absolute atomic E-state index is 0.0101. The average Bonchev–Trinajstić information content (AvgIpc) is 1.60. The molecule has 0 spiro atoms. The first-order valence-electron chi connectivity index (χ1n) is 48.5. The first kappa shape index (κ1) is 94.8. The highest BCUT2D eigenvalue weighted by Crippen LogP contribution is 2.58. The normalized spacial score (nSPS) is 23.7. The first-order chi connectivity index (χ1) is 60.8. The summed E-state index contributed by atoms with van der Waals surface area (Å²) in [4.78, 5) is 90.0. The van der Waals surface area contributed by atoms with Gasteiger partial charge in [-0.3, -0.25) is 24.0 Å². The number of imide groups is 2. The van der Waals surface area contributed by atoms with Gasteiger partial charge in [-0.25, -0.2) is 19.4 Å².